The summed E-state index contributed by atoms with van der Waals surface area (Å²) in [5, 5.41) is 0. The van der Waals surface area contributed by atoms with Gasteiger partial charge in [-0.3, -0.25) is 0 Å². The van der Waals surface area contributed by atoms with Gasteiger partial charge in [0.25, 0.3) is 0 Å². The van der Waals surface area contributed by atoms with Crippen LogP contribution in [0.4, 0.5) is 0 Å². The molecule has 1 rings (SSSR count). The van der Waals surface area contributed by atoms with Gasteiger partial charge >= 0.3 is 67.2 Å². The second-order valence-corrected chi connectivity index (χ2v) is 19.4. The number of hydrogen-bond acceptors (Lipinski definition) is 0. The van der Waals surface area contributed by atoms with Crippen molar-refractivity contribution in [3.05, 3.63) is 15.9 Å². The van der Waals surface area contributed by atoms with Gasteiger partial charge in [-0.1, -0.05) is 0 Å². The molecular formula is C7H12SeSn. The molecule has 0 unspecified atom stereocenters. The molecule has 0 atom stereocenters. The summed E-state index contributed by atoms with van der Waals surface area (Å²) < 4.78 is 1.71. The summed E-state index contributed by atoms with van der Waals surface area (Å²) in [6.45, 7) is 0. The summed E-state index contributed by atoms with van der Waals surface area (Å²) in [5.41, 5.74) is 0. The molecule has 0 N–H and O–H groups in total. The van der Waals surface area contributed by atoms with E-state index < -0.39 is 18.4 Å². The topological polar surface area (TPSA) is 0 Å². The van der Waals surface area contributed by atoms with E-state index in [1.54, 1.807) is 3.58 Å². The summed E-state index contributed by atoms with van der Waals surface area (Å²) in [6, 6.07) is 2.34. The Morgan fingerprint density at radius 2 is 2.00 bits per heavy atom. The van der Waals surface area contributed by atoms with Crippen LogP contribution in [-0.2, 0) is 0 Å². The van der Waals surface area contributed by atoms with Gasteiger partial charge in [-0.15, -0.1) is 0 Å². The monoisotopic (exact) mass is 296 g/mol. The van der Waals surface area contributed by atoms with Crippen molar-refractivity contribution in [2.24, 2.45) is 0 Å². The number of hydrogen-bond donors (Lipinski definition) is 0. The Morgan fingerprint density at radius 1 is 1.33 bits per heavy atom. The molecule has 1 heterocycles. The Hall–Kier alpha value is 0.798. The van der Waals surface area contributed by atoms with Crippen LogP contribution in [0, 0.1) is 0 Å². The summed E-state index contributed by atoms with van der Waals surface area (Å²) in [4.78, 5) is 12.2. The van der Waals surface area contributed by atoms with Crippen molar-refractivity contribution < 1.29 is 0 Å². The molecule has 0 aromatic carbocycles. The molecule has 1 aromatic heterocycles. The first-order valence-electron chi connectivity index (χ1n) is 3.13. The van der Waals surface area contributed by atoms with Gasteiger partial charge in [0.05, 0.1) is 0 Å². The van der Waals surface area contributed by atoms with Crippen molar-refractivity contribution in [2.75, 3.05) is 0 Å². The van der Waals surface area contributed by atoms with E-state index in [9.17, 15) is 0 Å². The average Bonchev–Trinajstić information content (AvgIpc) is 2.08. The van der Waals surface area contributed by atoms with Crippen LogP contribution in [0.3, 0.4) is 0 Å². The molecule has 1 aromatic rings. The van der Waals surface area contributed by atoms with Crippen molar-refractivity contribution >= 4 is 36.5 Å². The van der Waals surface area contributed by atoms with Crippen LogP contribution in [-0.4, -0.2) is 32.9 Å². The molecule has 0 nitrogen and oxygen atoms in total. The molecule has 0 bridgehead atoms. The Bertz CT molecular complexity index is 171. The Balaban J connectivity index is 2.90. The molecule has 2 heteroatoms. The van der Waals surface area contributed by atoms with Gasteiger partial charge < -0.3 is 0 Å². The Kier molecular flexibility index (Phi) is 2.47. The van der Waals surface area contributed by atoms with Gasteiger partial charge in [0, 0.05) is 0 Å². The van der Waals surface area contributed by atoms with Crippen molar-refractivity contribution in [1.29, 1.82) is 0 Å². The van der Waals surface area contributed by atoms with E-state index in [0.29, 0.717) is 14.5 Å². The van der Waals surface area contributed by atoms with Crippen LogP contribution < -0.4 is 3.58 Å². The molecule has 0 aliphatic heterocycles. The predicted octanol–water partition coefficient (Wildman–Crippen LogP) is 1.29. The molecule has 0 fully saturated rings. The van der Waals surface area contributed by atoms with Gasteiger partial charge in [0.2, 0.25) is 0 Å². The predicted molar refractivity (Wildman–Crippen MR) is 46.4 cm³/mol. The van der Waals surface area contributed by atoms with Crippen LogP contribution >= 0.6 is 0 Å². The third-order valence-corrected chi connectivity index (χ3v) is 9.99. The van der Waals surface area contributed by atoms with Crippen molar-refractivity contribution in [2.45, 2.75) is 14.8 Å². The molecule has 0 saturated carbocycles. The third kappa shape index (κ3) is 2.14. The molecule has 0 saturated heterocycles. The number of rotatable bonds is 1. The maximum absolute atomic E-state index is 2.46. The fraction of sp³-hybridized carbons (Fsp3) is 0.429. The van der Waals surface area contributed by atoms with Crippen molar-refractivity contribution in [3.63, 3.8) is 0 Å². The molecule has 0 aliphatic rings. The second kappa shape index (κ2) is 2.81. The zero-order valence-corrected chi connectivity index (χ0v) is 10.7. The van der Waals surface area contributed by atoms with Gasteiger partial charge in [-0.2, -0.15) is 0 Å². The summed E-state index contributed by atoms with van der Waals surface area (Å²) in [7, 11) is 0. The standard InChI is InChI=1S/C4H3Se.3CH3.Sn/c1-2-4-5-3-1;;;;/h1,3-4H;3*1H3;. The van der Waals surface area contributed by atoms with E-state index in [4.69, 9.17) is 0 Å². The third-order valence-electron chi connectivity index (χ3n) is 1.39. The minimum absolute atomic E-state index is 0.708. The maximum atomic E-state index is 2.46. The summed E-state index contributed by atoms with van der Waals surface area (Å²) >= 11 is -0.894. The molecule has 50 valence electrons. The van der Waals surface area contributed by atoms with Crippen LogP contribution in [0.2, 0.25) is 14.8 Å². The van der Waals surface area contributed by atoms with Crippen LogP contribution in [0.5, 0.6) is 0 Å². The minimum atomic E-state index is -1.60. The van der Waals surface area contributed by atoms with E-state index in [1.165, 1.54) is 0 Å². The van der Waals surface area contributed by atoms with Crippen LogP contribution in [0.25, 0.3) is 0 Å². The van der Waals surface area contributed by atoms with E-state index in [-0.39, 0.29) is 0 Å². The van der Waals surface area contributed by atoms with Gasteiger partial charge in [-0.05, 0) is 0 Å². The van der Waals surface area contributed by atoms with Crippen LogP contribution in [0.1, 0.15) is 0 Å². The molecular weight excluding hydrogens is 282 g/mol. The zero-order valence-electron chi connectivity index (χ0n) is 6.14. The van der Waals surface area contributed by atoms with Gasteiger partial charge in [0.1, 0.15) is 0 Å². The quantitative estimate of drug-likeness (QED) is 0.685. The Labute approximate surface area is 66.9 Å². The van der Waals surface area contributed by atoms with Gasteiger partial charge in [-0.25, -0.2) is 0 Å². The first-order valence-corrected chi connectivity index (χ1v) is 15.1. The summed E-state index contributed by atoms with van der Waals surface area (Å²) in [6.07, 6.45) is 0. The van der Waals surface area contributed by atoms with E-state index >= 15 is 0 Å². The molecule has 0 spiro atoms. The van der Waals surface area contributed by atoms with E-state index in [1.807, 2.05) is 0 Å². The fourth-order valence-electron chi connectivity index (χ4n) is 0.691. The van der Waals surface area contributed by atoms with Crippen molar-refractivity contribution in [1.82, 2.24) is 0 Å². The summed E-state index contributed by atoms with van der Waals surface area (Å²) in [5.74, 6) is 0. The second-order valence-electron chi connectivity index (χ2n) is 3.26. The average molecular weight is 294 g/mol. The first-order chi connectivity index (χ1) is 4.11. The van der Waals surface area contributed by atoms with Gasteiger partial charge in [0.15, 0.2) is 0 Å². The SMILES string of the molecule is [CH3][Sn]([CH3])([CH3])[c]1cc[se]c1. The van der Waals surface area contributed by atoms with E-state index in [2.05, 4.69) is 30.8 Å². The molecule has 0 amide bonds. The fourth-order valence-corrected chi connectivity index (χ4v) is 11.2. The first kappa shape index (κ1) is 7.90. The normalized spacial score (nSPS) is 11.9. The zero-order chi connectivity index (χ0) is 6.91. The molecule has 0 radical (unpaired) electrons. The Morgan fingerprint density at radius 3 is 2.22 bits per heavy atom. The van der Waals surface area contributed by atoms with E-state index in [0.717, 1.165) is 0 Å². The van der Waals surface area contributed by atoms with Crippen molar-refractivity contribution in [3.8, 4) is 0 Å². The molecule has 0 aliphatic carbocycles. The van der Waals surface area contributed by atoms with Crippen LogP contribution in [0.15, 0.2) is 15.9 Å². The molecule has 9 heavy (non-hydrogen) atoms.